The third-order valence-electron chi connectivity index (χ3n) is 6.98. The van der Waals surface area contributed by atoms with E-state index in [1.54, 1.807) is 0 Å². The number of nitrogens with one attached hydrogen (secondary N) is 3. The molecule has 11 heteroatoms. The second-order valence-corrected chi connectivity index (χ2v) is 10.1. The predicted octanol–water partition coefficient (Wildman–Crippen LogP) is 1.26. The minimum atomic E-state index is -1.20. The van der Waals surface area contributed by atoms with Crippen LogP contribution in [0.5, 0.6) is 0 Å². The Balaban J connectivity index is 1.50. The first-order valence-electron chi connectivity index (χ1n) is 12.9. The van der Waals surface area contributed by atoms with Crippen LogP contribution in [0.3, 0.4) is 0 Å². The highest BCUT2D eigenvalue weighted by molar-refractivity contribution is 7.80. The summed E-state index contributed by atoms with van der Waals surface area (Å²) in [6.07, 6.45) is 3.28. The Kier molecular flexibility index (Phi) is 9.26. The molecule has 1 aliphatic rings. The van der Waals surface area contributed by atoms with Gasteiger partial charge in [-0.05, 0) is 36.5 Å². The van der Waals surface area contributed by atoms with Crippen LogP contribution in [0, 0.1) is 0 Å². The van der Waals surface area contributed by atoms with Crippen molar-refractivity contribution in [2.24, 2.45) is 5.73 Å². The molecule has 1 saturated heterocycles. The zero-order chi connectivity index (χ0) is 27.9. The van der Waals surface area contributed by atoms with Gasteiger partial charge in [0.15, 0.2) is 0 Å². The lowest BCUT2D eigenvalue weighted by Crippen LogP contribution is -2.57. The molecule has 206 valence electrons. The van der Waals surface area contributed by atoms with E-state index < -0.39 is 47.9 Å². The van der Waals surface area contributed by atoms with Crippen LogP contribution in [0.4, 0.5) is 0 Å². The summed E-state index contributed by atoms with van der Waals surface area (Å²) < 4.78 is 0. The maximum atomic E-state index is 13.8. The molecule has 6 N–H and O–H groups in total. The SMILES string of the molecule is NC(Cc1c[nH]c2ccccc12)C(=O)NC(Cc1ccccc1)C(=O)N1CCCC1C(=O)NC(CS)C(=O)O. The van der Waals surface area contributed by atoms with E-state index >= 15 is 0 Å². The van der Waals surface area contributed by atoms with Gasteiger partial charge in [0.2, 0.25) is 17.7 Å². The number of fused-ring (bicyclic) bond motifs is 1. The minimum Gasteiger partial charge on any atom is -0.480 e. The summed E-state index contributed by atoms with van der Waals surface area (Å²) >= 11 is 3.99. The smallest absolute Gasteiger partial charge is 0.327 e. The number of aliphatic carboxylic acids is 1. The highest BCUT2D eigenvalue weighted by Gasteiger charge is 2.39. The van der Waals surface area contributed by atoms with Gasteiger partial charge < -0.3 is 31.4 Å². The first-order valence-corrected chi connectivity index (χ1v) is 13.5. The number of hydrogen-bond acceptors (Lipinski definition) is 6. The summed E-state index contributed by atoms with van der Waals surface area (Å²) in [6, 6.07) is 13.1. The molecule has 0 bridgehead atoms. The van der Waals surface area contributed by atoms with E-state index in [-0.39, 0.29) is 18.6 Å². The van der Waals surface area contributed by atoms with Crippen molar-refractivity contribution >= 4 is 47.2 Å². The fourth-order valence-electron chi connectivity index (χ4n) is 4.92. The highest BCUT2D eigenvalue weighted by atomic mass is 32.1. The summed E-state index contributed by atoms with van der Waals surface area (Å²) in [4.78, 5) is 55.9. The number of nitrogens with two attached hydrogens (primary N) is 1. The molecule has 3 amide bonds. The number of hydrogen-bond donors (Lipinski definition) is 6. The van der Waals surface area contributed by atoms with Crippen LogP contribution in [0.25, 0.3) is 10.9 Å². The van der Waals surface area contributed by atoms with Gasteiger partial charge in [-0.2, -0.15) is 12.6 Å². The van der Waals surface area contributed by atoms with Crippen molar-refractivity contribution < 1.29 is 24.3 Å². The molecule has 10 nitrogen and oxygen atoms in total. The van der Waals surface area contributed by atoms with Gasteiger partial charge in [-0.3, -0.25) is 14.4 Å². The molecular weight excluding hydrogens is 518 g/mol. The van der Waals surface area contributed by atoms with E-state index in [4.69, 9.17) is 5.73 Å². The molecule has 0 radical (unpaired) electrons. The number of carbonyl (C=O) groups is 4. The number of likely N-dealkylation sites (tertiary alicyclic amines) is 1. The Morgan fingerprint density at radius 1 is 1.03 bits per heavy atom. The Hall–Kier alpha value is -3.83. The molecule has 4 rings (SSSR count). The Morgan fingerprint density at radius 3 is 2.46 bits per heavy atom. The van der Waals surface area contributed by atoms with Crippen molar-refractivity contribution in [2.75, 3.05) is 12.3 Å². The second-order valence-electron chi connectivity index (χ2n) is 9.69. The van der Waals surface area contributed by atoms with Crippen molar-refractivity contribution in [2.45, 2.75) is 49.9 Å². The fourth-order valence-corrected chi connectivity index (χ4v) is 5.16. The Bertz CT molecular complexity index is 1330. The molecule has 2 aromatic carbocycles. The number of para-hydroxylation sites is 1. The fraction of sp³-hybridized carbons (Fsp3) is 0.357. The Morgan fingerprint density at radius 2 is 1.74 bits per heavy atom. The van der Waals surface area contributed by atoms with E-state index in [0.717, 1.165) is 22.0 Å². The highest BCUT2D eigenvalue weighted by Crippen LogP contribution is 2.21. The monoisotopic (exact) mass is 551 g/mol. The molecular formula is C28H33N5O5S. The summed E-state index contributed by atoms with van der Waals surface area (Å²) in [5.41, 5.74) is 8.97. The quantitative estimate of drug-likeness (QED) is 0.197. The number of carboxylic acids is 1. The molecule has 4 unspecified atom stereocenters. The number of benzene rings is 2. The van der Waals surface area contributed by atoms with E-state index in [0.29, 0.717) is 19.4 Å². The molecule has 0 aliphatic carbocycles. The average Bonchev–Trinajstić information content (AvgIpc) is 3.59. The van der Waals surface area contributed by atoms with E-state index in [9.17, 15) is 24.3 Å². The lowest BCUT2D eigenvalue weighted by atomic mass is 10.0. The zero-order valence-electron chi connectivity index (χ0n) is 21.4. The average molecular weight is 552 g/mol. The van der Waals surface area contributed by atoms with Crippen LogP contribution >= 0.6 is 12.6 Å². The molecule has 2 heterocycles. The standard InChI is InChI=1S/C28H33N5O5S/c29-20(14-18-15-30-21-10-5-4-9-19(18)21)25(34)31-22(13-17-7-2-1-3-8-17)27(36)33-12-6-11-24(33)26(35)32-23(16-39)28(37)38/h1-5,7-10,15,20,22-24,30,39H,6,11-14,16,29H2,(H,31,34)(H,32,35)(H,37,38). The molecule has 1 fully saturated rings. The number of carboxylic acid groups (broad SMARTS) is 1. The normalized spacial score (nSPS) is 17.4. The molecule has 0 saturated carbocycles. The maximum absolute atomic E-state index is 13.8. The second kappa shape index (κ2) is 12.8. The largest absolute Gasteiger partial charge is 0.480 e. The van der Waals surface area contributed by atoms with Crippen LogP contribution < -0.4 is 16.4 Å². The first-order chi connectivity index (χ1) is 18.8. The van der Waals surface area contributed by atoms with Gasteiger partial charge in [0, 0.05) is 35.8 Å². The van der Waals surface area contributed by atoms with Gasteiger partial charge in [0.05, 0.1) is 6.04 Å². The lowest BCUT2D eigenvalue weighted by Gasteiger charge is -2.30. The van der Waals surface area contributed by atoms with Crippen LogP contribution in [-0.2, 0) is 32.0 Å². The first kappa shape index (κ1) is 28.2. The van der Waals surface area contributed by atoms with Gasteiger partial charge in [-0.25, -0.2) is 4.79 Å². The summed E-state index contributed by atoms with van der Waals surface area (Å²) in [5.74, 6) is -2.73. The van der Waals surface area contributed by atoms with Crippen molar-refractivity contribution in [3.05, 3.63) is 71.9 Å². The summed E-state index contributed by atoms with van der Waals surface area (Å²) in [7, 11) is 0. The number of thiol groups is 1. The van der Waals surface area contributed by atoms with Gasteiger partial charge in [-0.1, -0.05) is 48.5 Å². The molecule has 39 heavy (non-hydrogen) atoms. The number of aromatic nitrogens is 1. The van der Waals surface area contributed by atoms with Crippen LogP contribution in [0.1, 0.15) is 24.0 Å². The Labute approximate surface area is 231 Å². The van der Waals surface area contributed by atoms with Crippen LogP contribution in [-0.4, -0.2) is 75.1 Å². The molecule has 4 atom stereocenters. The van der Waals surface area contributed by atoms with Crippen molar-refractivity contribution in [3.8, 4) is 0 Å². The van der Waals surface area contributed by atoms with Crippen LogP contribution in [0.2, 0.25) is 0 Å². The molecule has 0 spiro atoms. The molecule has 1 aromatic heterocycles. The van der Waals surface area contributed by atoms with Gasteiger partial charge >= 0.3 is 5.97 Å². The number of rotatable bonds is 11. The van der Waals surface area contributed by atoms with Crippen molar-refractivity contribution in [1.82, 2.24) is 20.5 Å². The van der Waals surface area contributed by atoms with Gasteiger partial charge in [-0.15, -0.1) is 0 Å². The number of amides is 3. The number of H-pyrrole nitrogens is 1. The molecule has 1 aliphatic heterocycles. The van der Waals surface area contributed by atoms with Crippen LogP contribution in [0.15, 0.2) is 60.8 Å². The minimum absolute atomic E-state index is 0.0806. The summed E-state index contributed by atoms with van der Waals surface area (Å²) in [6.45, 7) is 0.318. The number of nitrogens with zero attached hydrogens (tertiary/aromatic N) is 1. The van der Waals surface area contributed by atoms with E-state index in [1.165, 1.54) is 4.90 Å². The van der Waals surface area contributed by atoms with Gasteiger partial charge in [0.25, 0.3) is 0 Å². The van der Waals surface area contributed by atoms with E-state index in [2.05, 4.69) is 28.2 Å². The number of carbonyl (C=O) groups excluding carboxylic acids is 3. The van der Waals surface area contributed by atoms with Gasteiger partial charge in [0.1, 0.15) is 18.1 Å². The third kappa shape index (κ3) is 6.79. The topological polar surface area (TPSA) is 158 Å². The number of aromatic amines is 1. The summed E-state index contributed by atoms with van der Waals surface area (Å²) in [5, 5.41) is 15.6. The van der Waals surface area contributed by atoms with Crippen molar-refractivity contribution in [1.29, 1.82) is 0 Å². The molecule has 3 aromatic rings. The van der Waals surface area contributed by atoms with E-state index in [1.807, 2.05) is 60.8 Å². The van der Waals surface area contributed by atoms with Crippen molar-refractivity contribution in [3.63, 3.8) is 0 Å². The third-order valence-corrected chi connectivity index (χ3v) is 7.35. The maximum Gasteiger partial charge on any atom is 0.327 e. The zero-order valence-corrected chi connectivity index (χ0v) is 22.3. The predicted molar refractivity (Wildman–Crippen MR) is 150 cm³/mol. The lowest BCUT2D eigenvalue weighted by molar-refractivity contribution is -0.144.